The standard InChI is InChI=1S/C13H13N3O/c14-6-11-1-2-13(5-12(11)7-15)16-8-10-3-4-17-9-10/h1-2,5,10,16H,3-4,8-9H2. The van der Waals surface area contributed by atoms with Gasteiger partial charge in [0.15, 0.2) is 0 Å². The van der Waals surface area contributed by atoms with Crippen LogP contribution in [0.1, 0.15) is 17.5 Å². The van der Waals surface area contributed by atoms with Crippen LogP contribution in [0.25, 0.3) is 0 Å². The predicted molar refractivity (Wildman–Crippen MR) is 63.3 cm³/mol. The van der Waals surface area contributed by atoms with Crippen molar-refractivity contribution in [2.45, 2.75) is 6.42 Å². The molecule has 1 aliphatic rings. The van der Waals surface area contributed by atoms with Gasteiger partial charge in [0.05, 0.1) is 17.7 Å². The summed E-state index contributed by atoms with van der Waals surface area (Å²) in [5.74, 6) is 0.538. The number of hydrogen-bond acceptors (Lipinski definition) is 4. The number of hydrogen-bond donors (Lipinski definition) is 1. The summed E-state index contributed by atoms with van der Waals surface area (Å²) in [5.41, 5.74) is 1.72. The lowest BCUT2D eigenvalue weighted by atomic mass is 10.1. The van der Waals surface area contributed by atoms with Crippen molar-refractivity contribution >= 4 is 5.69 Å². The molecule has 1 unspecified atom stereocenters. The van der Waals surface area contributed by atoms with Crippen molar-refractivity contribution in [3.63, 3.8) is 0 Å². The Morgan fingerprint density at radius 2 is 2.12 bits per heavy atom. The number of nitrogens with zero attached hydrogens (tertiary/aromatic N) is 2. The molecule has 86 valence electrons. The monoisotopic (exact) mass is 227 g/mol. The van der Waals surface area contributed by atoms with E-state index in [2.05, 4.69) is 5.32 Å². The van der Waals surface area contributed by atoms with Gasteiger partial charge in [0.2, 0.25) is 0 Å². The van der Waals surface area contributed by atoms with Crippen LogP contribution in [0.5, 0.6) is 0 Å². The third-order valence-electron chi connectivity index (χ3n) is 2.88. The lowest BCUT2D eigenvalue weighted by molar-refractivity contribution is 0.187. The Morgan fingerprint density at radius 1 is 1.29 bits per heavy atom. The highest BCUT2D eigenvalue weighted by atomic mass is 16.5. The van der Waals surface area contributed by atoms with E-state index in [1.54, 1.807) is 12.1 Å². The highest BCUT2D eigenvalue weighted by molar-refractivity contribution is 5.56. The number of benzene rings is 1. The summed E-state index contributed by atoms with van der Waals surface area (Å²) in [6.45, 7) is 2.48. The number of rotatable bonds is 3. The quantitative estimate of drug-likeness (QED) is 0.856. The van der Waals surface area contributed by atoms with Gasteiger partial charge in [-0.1, -0.05) is 0 Å². The van der Waals surface area contributed by atoms with Crippen molar-refractivity contribution in [3.05, 3.63) is 29.3 Å². The molecule has 0 aromatic heterocycles. The minimum atomic E-state index is 0.417. The van der Waals surface area contributed by atoms with E-state index < -0.39 is 0 Å². The maximum atomic E-state index is 8.90. The van der Waals surface area contributed by atoms with Crippen LogP contribution in [0.4, 0.5) is 5.69 Å². The highest BCUT2D eigenvalue weighted by Gasteiger charge is 2.15. The van der Waals surface area contributed by atoms with Gasteiger partial charge < -0.3 is 10.1 Å². The maximum absolute atomic E-state index is 8.90. The average Bonchev–Trinajstić information content (AvgIpc) is 2.89. The molecule has 1 heterocycles. The van der Waals surface area contributed by atoms with E-state index in [4.69, 9.17) is 15.3 Å². The molecule has 1 aliphatic heterocycles. The summed E-state index contributed by atoms with van der Waals surface area (Å²) in [6, 6.07) is 9.25. The zero-order chi connectivity index (χ0) is 12.1. The first-order chi connectivity index (χ1) is 8.33. The first kappa shape index (κ1) is 11.4. The summed E-state index contributed by atoms with van der Waals surface area (Å²) in [5, 5.41) is 21.0. The maximum Gasteiger partial charge on any atom is 0.101 e. The largest absolute Gasteiger partial charge is 0.385 e. The molecular formula is C13H13N3O. The lowest BCUT2D eigenvalue weighted by Crippen LogP contribution is -2.14. The zero-order valence-electron chi connectivity index (χ0n) is 9.44. The Morgan fingerprint density at radius 3 is 2.76 bits per heavy atom. The van der Waals surface area contributed by atoms with Crippen molar-refractivity contribution in [3.8, 4) is 12.1 Å². The van der Waals surface area contributed by atoms with Gasteiger partial charge in [0, 0.05) is 24.8 Å². The van der Waals surface area contributed by atoms with Crippen molar-refractivity contribution in [1.29, 1.82) is 10.5 Å². The van der Waals surface area contributed by atoms with E-state index in [9.17, 15) is 0 Å². The van der Waals surface area contributed by atoms with E-state index in [0.29, 0.717) is 17.0 Å². The van der Waals surface area contributed by atoms with Gasteiger partial charge in [-0.2, -0.15) is 10.5 Å². The Bertz CT molecular complexity index is 478. The molecule has 1 aromatic rings. The first-order valence-electron chi connectivity index (χ1n) is 5.59. The van der Waals surface area contributed by atoms with E-state index in [1.165, 1.54) is 0 Å². The molecular weight excluding hydrogens is 214 g/mol. The van der Waals surface area contributed by atoms with Crippen molar-refractivity contribution < 1.29 is 4.74 Å². The molecule has 0 radical (unpaired) electrons. The molecule has 4 heteroatoms. The lowest BCUT2D eigenvalue weighted by Gasteiger charge is -2.11. The van der Waals surface area contributed by atoms with Crippen LogP contribution in [0.3, 0.4) is 0 Å². The Kier molecular flexibility index (Phi) is 3.59. The summed E-state index contributed by atoms with van der Waals surface area (Å²) >= 11 is 0. The third kappa shape index (κ3) is 2.75. The second kappa shape index (κ2) is 5.34. The first-order valence-corrected chi connectivity index (χ1v) is 5.59. The van der Waals surface area contributed by atoms with Crippen LogP contribution in [-0.4, -0.2) is 19.8 Å². The Labute approximate surface area is 100 Å². The van der Waals surface area contributed by atoms with Gasteiger partial charge in [0.1, 0.15) is 12.1 Å². The van der Waals surface area contributed by atoms with Crippen LogP contribution in [0.15, 0.2) is 18.2 Å². The smallest absolute Gasteiger partial charge is 0.101 e. The Balaban J connectivity index is 2.02. The number of anilines is 1. The van der Waals surface area contributed by atoms with Crippen molar-refractivity contribution in [1.82, 2.24) is 0 Å². The van der Waals surface area contributed by atoms with Crippen molar-refractivity contribution in [2.75, 3.05) is 25.1 Å². The van der Waals surface area contributed by atoms with Crippen LogP contribution in [-0.2, 0) is 4.74 Å². The van der Waals surface area contributed by atoms with Gasteiger partial charge in [-0.15, -0.1) is 0 Å². The highest BCUT2D eigenvalue weighted by Crippen LogP contribution is 2.17. The minimum Gasteiger partial charge on any atom is -0.385 e. The minimum absolute atomic E-state index is 0.417. The summed E-state index contributed by atoms with van der Waals surface area (Å²) in [6.07, 6.45) is 1.08. The molecule has 1 N–H and O–H groups in total. The molecule has 1 aromatic carbocycles. The van der Waals surface area contributed by atoms with Crippen molar-refractivity contribution in [2.24, 2.45) is 5.92 Å². The summed E-state index contributed by atoms with van der Waals surface area (Å²) in [7, 11) is 0. The number of nitriles is 2. The van der Waals surface area contributed by atoms with Gasteiger partial charge in [-0.3, -0.25) is 0 Å². The van der Waals surface area contributed by atoms with Crippen LogP contribution < -0.4 is 5.32 Å². The molecule has 1 fully saturated rings. The molecule has 0 spiro atoms. The summed E-state index contributed by atoms with van der Waals surface area (Å²) < 4.78 is 5.29. The third-order valence-corrected chi connectivity index (χ3v) is 2.88. The molecule has 0 aliphatic carbocycles. The molecule has 0 saturated carbocycles. The fourth-order valence-electron chi connectivity index (χ4n) is 1.85. The predicted octanol–water partition coefficient (Wildman–Crippen LogP) is 1.88. The second-order valence-corrected chi connectivity index (χ2v) is 4.09. The van der Waals surface area contributed by atoms with E-state index in [-0.39, 0.29) is 0 Å². The Hall–Kier alpha value is -2.04. The summed E-state index contributed by atoms with van der Waals surface area (Å²) in [4.78, 5) is 0. The second-order valence-electron chi connectivity index (χ2n) is 4.09. The van der Waals surface area contributed by atoms with Crippen LogP contribution in [0, 0.1) is 28.6 Å². The van der Waals surface area contributed by atoms with Gasteiger partial charge >= 0.3 is 0 Å². The van der Waals surface area contributed by atoms with E-state index in [1.807, 2.05) is 18.2 Å². The number of ether oxygens (including phenoxy) is 1. The topological polar surface area (TPSA) is 68.8 Å². The zero-order valence-corrected chi connectivity index (χ0v) is 9.44. The SMILES string of the molecule is N#Cc1ccc(NCC2CCOC2)cc1C#N. The van der Waals surface area contributed by atoms with E-state index >= 15 is 0 Å². The normalized spacial score (nSPS) is 18.4. The van der Waals surface area contributed by atoms with E-state index in [0.717, 1.165) is 31.9 Å². The van der Waals surface area contributed by atoms with Gasteiger partial charge in [-0.05, 0) is 24.6 Å². The number of nitrogens with one attached hydrogen (secondary N) is 1. The molecule has 1 saturated heterocycles. The molecule has 2 rings (SSSR count). The molecule has 1 atom stereocenters. The molecule has 0 bridgehead atoms. The molecule has 4 nitrogen and oxygen atoms in total. The fraction of sp³-hybridized carbons (Fsp3) is 0.385. The average molecular weight is 227 g/mol. The van der Waals surface area contributed by atoms with Gasteiger partial charge in [-0.25, -0.2) is 0 Å². The fourth-order valence-corrected chi connectivity index (χ4v) is 1.85. The van der Waals surface area contributed by atoms with Gasteiger partial charge in [0.25, 0.3) is 0 Å². The molecule has 0 amide bonds. The van der Waals surface area contributed by atoms with Crippen LogP contribution in [0.2, 0.25) is 0 Å². The van der Waals surface area contributed by atoms with Crippen LogP contribution >= 0.6 is 0 Å². The molecule has 17 heavy (non-hydrogen) atoms.